The summed E-state index contributed by atoms with van der Waals surface area (Å²) in [6.07, 6.45) is 10.2. The third-order valence-electron chi connectivity index (χ3n) is 6.34. The average molecular weight is 505 g/mol. The predicted octanol–water partition coefficient (Wildman–Crippen LogP) is 6.87. The van der Waals surface area contributed by atoms with E-state index in [4.69, 9.17) is 0 Å². The molecule has 1 heterocycles. The second-order valence-corrected chi connectivity index (χ2v) is 9.74. The number of nitrogens with zero attached hydrogens (tertiary/aromatic N) is 2. The molecule has 3 rings (SSSR count). The van der Waals surface area contributed by atoms with Gasteiger partial charge in [-0.15, -0.1) is 0 Å². The number of rotatable bonds is 8. The smallest absolute Gasteiger partial charge is 0.260 e. The summed E-state index contributed by atoms with van der Waals surface area (Å²) in [7, 11) is 0. The first-order valence-corrected chi connectivity index (χ1v) is 12.5. The maximum Gasteiger partial charge on any atom is 0.260 e. The molecule has 0 radical (unpaired) electrons. The molecule has 7 nitrogen and oxygen atoms in total. The Hall–Kier alpha value is -4.00. The van der Waals surface area contributed by atoms with Crippen molar-refractivity contribution in [2.45, 2.75) is 60.3 Å². The van der Waals surface area contributed by atoms with Gasteiger partial charge in [-0.25, -0.2) is 0 Å². The highest BCUT2D eigenvalue weighted by molar-refractivity contribution is 6.20. The predicted molar refractivity (Wildman–Crippen MR) is 148 cm³/mol. The molecule has 0 aromatic heterocycles. The Kier molecular flexibility index (Phi) is 8.81. The highest BCUT2D eigenvalue weighted by Crippen LogP contribution is 2.50. The monoisotopic (exact) mass is 504 g/mol. The summed E-state index contributed by atoms with van der Waals surface area (Å²) < 4.78 is 0. The lowest BCUT2D eigenvalue weighted by atomic mass is 10.1. The first-order valence-electron chi connectivity index (χ1n) is 12.5. The van der Waals surface area contributed by atoms with Crippen molar-refractivity contribution in [2.24, 2.45) is 0 Å². The van der Waals surface area contributed by atoms with E-state index < -0.39 is 11.8 Å². The van der Waals surface area contributed by atoms with Crippen molar-refractivity contribution in [1.29, 1.82) is 0 Å². The third kappa shape index (κ3) is 6.42. The summed E-state index contributed by atoms with van der Waals surface area (Å²) in [6.45, 7) is 9.77. The molecule has 0 unspecified atom stereocenters. The van der Waals surface area contributed by atoms with Crippen molar-refractivity contribution in [3.8, 4) is 17.2 Å². The van der Waals surface area contributed by atoms with Gasteiger partial charge in [0, 0.05) is 25.6 Å². The molecular formula is C30H36N2O5. The number of hydrogen-bond donors (Lipinski definition) is 3. The van der Waals surface area contributed by atoms with Gasteiger partial charge in [0.1, 0.15) is 28.6 Å². The number of carbonyl (C=O) groups excluding carboxylic acids is 2. The van der Waals surface area contributed by atoms with Crippen LogP contribution >= 0.6 is 0 Å². The molecule has 1 aliphatic heterocycles. The van der Waals surface area contributed by atoms with E-state index in [2.05, 4.69) is 32.9 Å². The van der Waals surface area contributed by atoms with Crippen molar-refractivity contribution in [3.05, 3.63) is 70.8 Å². The van der Waals surface area contributed by atoms with Crippen LogP contribution in [-0.4, -0.2) is 33.7 Å². The number of aromatic hydroxyl groups is 3. The van der Waals surface area contributed by atoms with E-state index in [0.29, 0.717) is 0 Å². The maximum atomic E-state index is 13.7. The summed E-state index contributed by atoms with van der Waals surface area (Å²) in [6, 6.07) is 6.89. The summed E-state index contributed by atoms with van der Waals surface area (Å²) >= 11 is 0. The first-order chi connectivity index (χ1) is 17.5. The number of allylic oxidation sites excluding steroid dienone is 5. The molecule has 0 saturated heterocycles. The van der Waals surface area contributed by atoms with Crippen LogP contribution in [0.15, 0.2) is 65.3 Å². The molecule has 196 valence electrons. The lowest BCUT2D eigenvalue weighted by molar-refractivity contribution is -0.115. The zero-order chi connectivity index (χ0) is 27.3. The fourth-order valence-electron chi connectivity index (χ4n) is 4.41. The second-order valence-electron chi connectivity index (χ2n) is 9.74. The van der Waals surface area contributed by atoms with E-state index in [1.165, 1.54) is 47.2 Å². The normalized spacial score (nSPS) is 13.7. The SMILES string of the molecule is CC(=O)N1c2c(O)cccc2C(=O)N(C/C=C(\C)CC/C=C(\C)CCC=C(C)C)c2cc(O)cc(O)c21. The second kappa shape index (κ2) is 11.8. The molecule has 3 N–H and O–H groups in total. The zero-order valence-electron chi connectivity index (χ0n) is 22.2. The van der Waals surface area contributed by atoms with Crippen LogP contribution in [0.1, 0.15) is 70.7 Å². The van der Waals surface area contributed by atoms with Gasteiger partial charge in [-0.3, -0.25) is 14.5 Å². The molecular weight excluding hydrogens is 468 g/mol. The Labute approximate surface area is 218 Å². The largest absolute Gasteiger partial charge is 0.508 e. The number of carbonyl (C=O) groups is 2. The molecule has 0 bridgehead atoms. The highest BCUT2D eigenvalue weighted by Gasteiger charge is 2.36. The van der Waals surface area contributed by atoms with Crippen LogP contribution in [0, 0.1) is 0 Å². The van der Waals surface area contributed by atoms with Gasteiger partial charge < -0.3 is 20.2 Å². The third-order valence-corrected chi connectivity index (χ3v) is 6.34. The molecule has 2 aromatic carbocycles. The van der Waals surface area contributed by atoms with Crippen molar-refractivity contribution >= 4 is 28.9 Å². The van der Waals surface area contributed by atoms with Gasteiger partial charge in [0.25, 0.3) is 5.91 Å². The highest BCUT2D eigenvalue weighted by atomic mass is 16.3. The van der Waals surface area contributed by atoms with Crippen molar-refractivity contribution in [3.63, 3.8) is 0 Å². The number of phenols is 3. The van der Waals surface area contributed by atoms with E-state index in [1.807, 2.05) is 13.0 Å². The van der Waals surface area contributed by atoms with Gasteiger partial charge in [-0.2, -0.15) is 0 Å². The average Bonchev–Trinajstić information content (AvgIpc) is 2.91. The molecule has 0 atom stereocenters. The standard InChI is InChI=1S/C30H36N2O5/c1-19(2)9-6-10-20(3)11-7-12-21(4)15-16-31-25-17-23(34)18-27(36)29(25)32(22(5)33)28-24(30(31)37)13-8-14-26(28)35/h8-9,11,13-15,17-18,34-36H,6-7,10,12,16H2,1-5H3/b20-11+,21-15+. The van der Waals surface area contributed by atoms with E-state index in [0.717, 1.165) is 42.2 Å². The molecule has 0 fully saturated rings. The quantitative estimate of drug-likeness (QED) is 0.341. The Morgan fingerprint density at radius 3 is 2.14 bits per heavy atom. The number of anilines is 3. The zero-order valence-corrected chi connectivity index (χ0v) is 22.2. The Bertz CT molecular complexity index is 1290. The topological polar surface area (TPSA) is 101 Å². The number of hydrogen-bond acceptors (Lipinski definition) is 5. The van der Waals surface area contributed by atoms with Gasteiger partial charge in [0.05, 0.1) is 11.3 Å². The fourth-order valence-corrected chi connectivity index (χ4v) is 4.41. The van der Waals surface area contributed by atoms with Crippen LogP contribution in [0.25, 0.3) is 0 Å². The Morgan fingerprint density at radius 1 is 0.838 bits per heavy atom. The van der Waals surface area contributed by atoms with E-state index in [1.54, 1.807) is 0 Å². The van der Waals surface area contributed by atoms with E-state index in [9.17, 15) is 24.9 Å². The van der Waals surface area contributed by atoms with Gasteiger partial charge in [0.15, 0.2) is 0 Å². The van der Waals surface area contributed by atoms with Gasteiger partial charge in [0.2, 0.25) is 5.91 Å². The number of fused-ring (bicyclic) bond motifs is 2. The molecule has 0 spiro atoms. The molecule has 0 saturated carbocycles. The minimum absolute atomic E-state index is 0.000773. The van der Waals surface area contributed by atoms with Crippen molar-refractivity contribution in [1.82, 2.24) is 0 Å². The van der Waals surface area contributed by atoms with E-state index in [-0.39, 0.29) is 46.4 Å². The minimum atomic E-state index is -0.502. The summed E-state index contributed by atoms with van der Waals surface area (Å²) in [5.74, 6) is -1.85. The van der Waals surface area contributed by atoms with Crippen LogP contribution in [0.3, 0.4) is 0 Å². The molecule has 7 heteroatoms. The maximum absolute atomic E-state index is 13.7. The molecule has 1 aliphatic rings. The van der Waals surface area contributed by atoms with Gasteiger partial charge in [-0.05, 0) is 65.5 Å². The number of para-hydroxylation sites is 1. The van der Waals surface area contributed by atoms with Gasteiger partial charge in [-0.1, -0.05) is 41.0 Å². The molecule has 37 heavy (non-hydrogen) atoms. The summed E-state index contributed by atoms with van der Waals surface area (Å²) in [5.41, 5.74) is 4.06. The number of phenolic OH excluding ortho intramolecular Hbond substituents is 3. The molecule has 2 amide bonds. The van der Waals surface area contributed by atoms with Crippen molar-refractivity contribution < 1.29 is 24.9 Å². The van der Waals surface area contributed by atoms with Crippen LogP contribution < -0.4 is 9.80 Å². The Balaban J connectivity index is 1.93. The van der Waals surface area contributed by atoms with Crippen LogP contribution in [-0.2, 0) is 4.79 Å². The minimum Gasteiger partial charge on any atom is -0.508 e. The molecule has 0 aliphatic carbocycles. The van der Waals surface area contributed by atoms with Crippen LogP contribution in [0.4, 0.5) is 17.1 Å². The number of amides is 2. The summed E-state index contributed by atoms with van der Waals surface area (Å²) in [4.78, 5) is 28.9. The van der Waals surface area contributed by atoms with Crippen LogP contribution in [0.2, 0.25) is 0 Å². The van der Waals surface area contributed by atoms with Crippen LogP contribution in [0.5, 0.6) is 17.2 Å². The van der Waals surface area contributed by atoms with Crippen molar-refractivity contribution in [2.75, 3.05) is 16.3 Å². The fraction of sp³-hybridized carbons (Fsp3) is 0.333. The lowest BCUT2D eigenvalue weighted by Crippen LogP contribution is -2.30. The summed E-state index contributed by atoms with van der Waals surface area (Å²) in [5, 5.41) is 31.6. The first kappa shape index (κ1) is 27.6. The molecule has 2 aromatic rings. The van der Waals surface area contributed by atoms with E-state index >= 15 is 0 Å². The van der Waals surface area contributed by atoms with Gasteiger partial charge >= 0.3 is 0 Å². The number of benzene rings is 2. The lowest BCUT2D eigenvalue weighted by Gasteiger charge is -2.26. The Morgan fingerprint density at radius 2 is 1.49 bits per heavy atom.